The Morgan fingerprint density at radius 1 is 1.29 bits per heavy atom. The second kappa shape index (κ2) is 3.65. The summed E-state index contributed by atoms with van der Waals surface area (Å²) in [5.41, 5.74) is 0. The van der Waals surface area contributed by atoms with E-state index in [1.165, 1.54) is 10.0 Å². The summed E-state index contributed by atoms with van der Waals surface area (Å²) in [5, 5.41) is 3.04. The number of amides is 2. The van der Waals surface area contributed by atoms with Crippen molar-refractivity contribution >= 4 is 24.4 Å². The van der Waals surface area contributed by atoms with Gasteiger partial charge >= 0.3 is 0 Å². The molecule has 0 aromatic carbocycles. The van der Waals surface area contributed by atoms with E-state index < -0.39 is 0 Å². The number of hydrogen-bond acceptors (Lipinski definition) is 3. The summed E-state index contributed by atoms with van der Waals surface area (Å²) in [5.74, 6) is 0.240. The fraction of sp³-hybridized carbons (Fsp3) is 0.556. The summed E-state index contributed by atoms with van der Waals surface area (Å²) in [6, 6.07) is 0. The molecule has 1 unspecified atom stereocenters. The molecule has 4 nitrogen and oxygen atoms in total. The average Bonchev–Trinajstić information content (AvgIpc) is 2.23. The number of nitrogens with zero attached hydrogens (tertiary/aromatic N) is 2. The normalized spacial score (nSPS) is 26.8. The SMILES string of the molecule is O=C1CC(CS)C(=O)N2CC=CCN12. The van der Waals surface area contributed by atoms with Crippen LogP contribution in [-0.2, 0) is 9.59 Å². The van der Waals surface area contributed by atoms with Crippen molar-refractivity contribution in [2.45, 2.75) is 6.42 Å². The van der Waals surface area contributed by atoms with Crippen LogP contribution in [0.1, 0.15) is 6.42 Å². The number of hydrogen-bond donors (Lipinski definition) is 1. The van der Waals surface area contributed by atoms with E-state index >= 15 is 0 Å². The molecule has 0 spiro atoms. The standard InChI is InChI=1S/C9H12N2O2S/c12-8-5-7(6-14)9(13)11-4-2-1-3-10(8)11/h1-2,7,14H,3-6H2. The van der Waals surface area contributed by atoms with Crippen LogP contribution in [0.3, 0.4) is 0 Å². The maximum absolute atomic E-state index is 11.8. The van der Waals surface area contributed by atoms with Crippen LogP contribution >= 0.6 is 12.6 Å². The molecule has 1 fully saturated rings. The first-order valence-electron chi connectivity index (χ1n) is 4.61. The first kappa shape index (κ1) is 9.58. The highest BCUT2D eigenvalue weighted by Crippen LogP contribution is 2.22. The van der Waals surface area contributed by atoms with Crippen molar-refractivity contribution in [2.75, 3.05) is 18.8 Å². The van der Waals surface area contributed by atoms with Gasteiger partial charge in [-0.2, -0.15) is 12.6 Å². The van der Waals surface area contributed by atoms with Gasteiger partial charge in [0.05, 0.1) is 19.0 Å². The zero-order valence-electron chi connectivity index (χ0n) is 7.72. The van der Waals surface area contributed by atoms with Crippen molar-refractivity contribution in [1.29, 1.82) is 0 Å². The van der Waals surface area contributed by atoms with Crippen molar-refractivity contribution in [3.63, 3.8) is 0 Å². The van der Waals surface area contributed by atoms with Gasteiger partial charge in [0.2, 0.25) is 11.8 Å². The zero-order chi connectivity index (χ0) is 10.1. The van der Waals surface area contributed by atoms with Gasteiger partial charge in [-0.1, -0.05) is 12.2 Å². The molecule has 2 rings (SSSR count). The quantitative estimate of drug-likeness (QED) is 0.494. The van der Waals surface area contributed by atoms with E-state index in [-0.39, 0.29) is 17.7 Å². The number of rotatable bonds is 1. The van der Waals surface area contributed by atoms with E-state index in [2.05, 4.69) is 12.6 Å². The molecule has 0 saturated carbocycles. The topological polar surface area (TPSA) is 40.6 Å². The van der Waals surface area contributed by atoms with Crippen LogP contribution in [0.4, 0.5) is 0 Å². The summed E-state index contributed by atoms with van der Waals surface area (Å²) in [4.78, 5) is 23.4. The molecule has 2 aliphatic rings. The van der Waals surface area contributed by atoms with E-state index in [1.807, 2.05) is 12.2 Å². The molecular weight excluding hydrogens is 200 g/mol. The average molecular weight is 212 g/mol. The minimum Gasteiger partial charge on any atom is -0.273 e. The smallest absolute Gasteiger partial charge is 0.245 e. The summed E-state index contributed by atoms with van der Waals surface area (Å²) in [7, 11) is 0. The highest BCUT2D eigenvalue weighted by Gasteiger charge is 2.37. The Labute approximate surface area is 87.9 Å². The lowest BCUT2D eigenvalue weighted by atomic mass is 10.0. The van der Waals surface area contributed by atoms with Crippen LogP contribution in [0.2, 0.25) is 0 Å². The fourth-order valence-corrected chi connectivity index (χ4v) is 2.03. The lowest BCUT2D eigenvalue weighted by Crippen LogP contribution is -2.58. The van der Waals surface area contributed by atoms with E-state index in [0.717, 1.165) is 0 Å². The third-order valence-electron chi connectivity index (χ3n) is 2.55. The molecule has 0 aromatic rings. The Balaban J connectivity index is 2.22. The minimum absolute atomic E-state index is 0.0175. The molecular formula is C9H12N2O2S. The summed E-state index contributed by atoms with van der Waals surface area (Å²) in [6.07, 6.45) is 4.11. The van der Waals surface area contributed by atoms with Crippen LogP contribution in [0.15, 0.2) is 12.2 Å². The van der Waals surface area contributed by atoms with Crippen molar-refractivity contribution in [2.24, 2.45) is 5.92 Å². The van der Waals surface area contributed by atoms with Gasteiger partial charge in [-0.3, -0.25) is 9.59 Å². The van der Waals surface area contributed by atoms with Gasteiger partial charge in [0.1, 0.15) is 0 Å². The van der Waals surface area contributed by atoms with Gasteiger partial charge in [0, 0.05) is 12.2 Å². The Hall–Kier alpha value is -0.970. The van der Waals surface area contributed by atoms with E-state index in [9.17, 15) is 9.59 Å². The number of hydrazine groups is 1. The first-order chi connectivity index (χ1) is 6.74. The number of carbonyl (C=O) groups is 2. The maximum Gasteiger partial charge on any atom is 0.245 e. The molecule has 2 aliphatic heterocycles. The van der Waals surface area contributed by atoms with Crippen molar-refractivity contribution < 1.29 is 9.59 Å². The third kappa shape index (κ3) is 1.41. The first-order valence-corrected chi connectivity index (χ1v) is 5.25. The molecule has 0 N–H and O–H groups in total. The largest absolute Gasteiger partial charge is 0.273 e. The summed E-state index contributed by atoms with van der Waals surface area (Å²) < 4.78 is 0. The molecule has 0 bridgehead atoms. The molecule has 1 saturated heterocycles. The monoisotopic (exact) mass is 212 g/mol. The lowest BCUT2D eigenvalue weighted by Gasteiger charge is -2.41. The van der Waals surface area contributed by atoms with Crippen LogP contribution in [0, 0.1) is 5.92 Å². The lowest BCUT2D eigenvalue weighted by molar-refractivity contribution is -0.173. The highest BCUT2D eigenvalue weighted by atomic mass is 32.1. The number of thiol groups is 1. The van der Waals surface area contributed by atoms with E-state index in [1.54, 1.807) is 0 Å². The van der Waals surface area contributed by atoms with Gasteiger partial charge in [0.15, 0.2) is 0 Å². The van der Waals surface area contributed by atoms with Gasteiger partial charge < -0.3 is 0 Å². The third-order valence-corrected chi connectivity index (χ3v) is 2.99. The predicted molar refractivity (Wildman–Crippen MR) is 54.5 cm³/mol. The molecule has 14 heavy (non-hydrogen) atoms. The maximum atomic E-state index is 11.8. The second-order valence-corrected chi connectivity index (χ2v) is 3.82. The molecule has 5 heteroatoms. The Kier molecular flexibility index (Phi) is 2.50. The molecule has 0 aromatic heterocycles. The second-order valence-electron chi connectivity index (χ2n) is 3.45. The van der Waals surface area contributed by atoms with E-state index in [4.69, 9.17) is 0 Å². The van der Waals surface area contributed by atoms with Gasteiger partial charge in [-0.05, 0) is 0 Å². The molecule has 76 valence electrons. The molecule has 0 aliphatic carbocycles. The predicted octanol–water partition coefficient (Wildman–Crippen LogP) is 0.0781. The van der Waals surface area contributed by atoms with Gasteiger partial charge in [-0.25, -0.2) is 10.0 Å². The van der Waals surface area contributed by atoms with Gasteiger partial charge in [0.25, 0.3) is 0 Å². The highest BCUT2D eigenvalue weighted by molar-refractivity contribution is 7.80. The molecule has 2 heterocycles. The Bertz CT molecular complexity index is 303. The van der Waals surface area contributed by atoms with Crippen molar-refractivity contribution in [1.82, 2.24) is 10.0 Å². The van der Waals surface area contributed by atoms with Gasteiger partial charge in [-0.15, -0.1) is 0 Å². The van der Waals surface area contributed by atoms with Crippen LogP contribution in [-0.4, -0.2) is 40.7 Å². The summed E-state index contributed by atoms with van der Waals surface area (Å²) >= 11 is 4.08. The van der Waals surface area contributed by atoms with Crippen molar-refractivity contribution in [3.8, 4) is 0 Å². The minimum atomic E-state index is -0.242. The number of fused-ring (bicyclic) bond motifs is 1. The Morgan fingerprint density at radius 2 is 1.93 bits per heavy atom. The fourth-order valence-electron chi connectivity index (χ4n) is 1.75. The molecule has 1 atom stereocenters. The van der Waals surface area contributed by atoms with Crippen molar-refractivity contribution in [3.05, 3.63) is 12.2 Å². The molecule has 0 radical (unpaired) electrons. The van der Waals surface area contributed by atoms with Crippen LogP contribution in [0.25, 0.3) is 0 Å². The molecule has 2 amide bonds. The van der Waals surface area contributed by atoms with Crippen LogP contribution < -0.4 is 0 Å². The number of carbonyl (C=O) groups excluding carboxylic acids is 2. The Morgan fingerprint density at radius 3 is 2.57 bits per heavy atom. The summed E-state index contributed by atoms with van der Waals surface area (Å²) in [6.45, 7) is 1.03. The van der Waals surface area contributed by atoms with Crippen LogP contribution in [0.5, 0.6) is 0 Å². The van der Waals surface area contributed by atoms with E-state index in [0.29, 0.717) is 25.3 Å². The zero-order valence-corrected chi connectivity index (χ0v) is 8.61.